The number of carbonyl (C=O) groups is 2. The van der Waals surface area contributed by atoms with Gasteiger partial charge in [-0.2, -0.15) is 0 Å². The number of piperazine rings is 1. The maximum atomic E-state index is 12.6. The van der Waals surface area contributed by atoms with Gasteiger partial charge >= 0.3 is 0 Å². The molecule has 1 aromatic carbocycles. The zero-order chi connectivity index (χ0) is 18.4. The summed E-state index contributed by atoms with van der Waals surface area (Å²) in [4.78, 5) is 31.8. The van der Waals surface area contributed by atoms with Crippen LogP contribution < -0.4 is 5.32 Å². The quantitative estimate of drug-likeness (QED) is 0.743. The van der Waals surface area contributed by atoms with Crippen molar-refractivity contribution in [2.75, 3.05) is 39.3 Å². The number of unbranched alkanes of at least 4 members (excludes halogenated alkanes) is 1. The van der Waals surface area contributed by atoms with E-state index in [4.69, 9.17) is 0 Å². The normalized spacial score (nSPS) is 15.3. The molecule has 2 aromatic rings. The van der Waals surface area contributed by atoms with E-state index in [1.807, 2.05) is 35.4 Å². The zero-order valence-electron chi connectivity index (χ0n) is 15.5. The Labute approximate surface area is 154 Å². The third kappa shape index (κ3) is 4.64. The largest absolute Gasteiger partial charge is 0.361 e. The number of hydrogen-bond donors (Lipinski definition) is 2. The number of nitrogens with one attached hydrogen (secondary N) is 2. The van der Waals surface area contributed by atoms with Crippen LogP contribution in [0.5, 0.6) is 0 Å². The summed E-state index contributed by atoms with van der Waals surface area (Å²) in [5, 5.41) is 4.06. The molecule has 26 heavy (non-hydrogen) atoms. The number of nitrogens with zero attached hydrogens (tertiary/aromatic N) is 2. The molecule has 1 saturated heterocycles. The number of rotatable bonds is 7. The Morgan fingerprint density at radius 1 is 1.15 bits per heavy atom. The molecule has 0 spiro atoms. The monoisotopic (exact) mass is 356 g/mol. The SMILES string of the molecule is CCCCNC(=O)CN1CCN(C(=O)Cc2c[nH]c3ccccc23)CC1. The fourth-order valence-electron chi connectivity index (χ4n) is 3.37. The Morgan fingerprint density at radius 3 is 2.69 bits per heavy atom. The number of carbonyl (C=O) groups excluding carboxylic acids is 2. The van der Waals surface area contributed by atoms with Gasteiger partial charge in [0, 0.05) is 49.8 Å². The van der Waals surface area contributed by atoms with Crippen LogP contribution in [-0.2, 0) is 16.0 Å². The molecule has 0 radical (unpaired) electrons. The molecule has 2 N–H and O–H groups in total. The van der Waals surface area contributed by atoms with E-state index in [-0.39, 0.29) is 11.8 Å². The van der Waals surface area contributed by atoms with E-state index in [9.17, 15) is 9.59 Å². The molecular weight excluding hydrogens is 328 g/mol. The molecule has 6 heteroatoms. The lowest BCUT2D eigenvalue weighted by molar-refractivity contribution is -0.132. The van der Waals surface area contributed by atoms with Crippen molar-refractivity contribution < 1.29 is 9.59 Å². The van der Waals surface area contributed by atoms with Crippen LogP contribution in [0.25, 0.3) is 10.9 Å². The Bertz CT molecular complexity index is 747. The number of H-pyrrole nitrogens is 1. The first-order chi connectivity index (χ1) is 12.7. The Morgan fingerprint density at radius 2 is 1.92 bits per heavy atom. The average molecular weight is 356 g/mol. The van der Waals surface area contributed by atoms with Gasteiger partial charge < -0.3 is 15.2 Å². The maximum absolute atomic E-state index is 12.6. The van der Waals surface area contributed by atoms with Crippen LogP contribution in [0.15, 0.2) is 30.5 Å². The molecule has 6 nitrogen and oxygen atoms in total. The van der Waals surface area contributed by atoms with E-state index >= 15 is 0 Å². The lowest BCUT2D eigenvalue weighted by Crippen LogP contribution is -2.51. The van der Waals surface area contributed by atoms with E-state index in [0.717, 1.165) is 48.9 Å². The van der Waals surface area contributed by atoms with Gasteiger partial charge in [0.15, 0.2) is 0 Å². The number of para-hydroxylation sites is 1. The van der Waals surface area contributed by atoms with Crippen molar-refractivity contribution in [3.63, 3.8) is 0 Å². The summed E-state index contributed by atoms with van der Waals surface area (Å²) in [6, 6.07) is 8.05. The molecule has 1 aliphatic heterocycles. The smallest absolute Gasteiger partial charge is 0.234 e. The minimum Gasteiger partial charge on any atom is -0.361 e. The van der Waals surface area contributed by atoms with Gasteiger partial charge in [-0.25, -0.2) is 0 Å². The van der Waals surface area contributed by atoms with Gasteiger partial charge in [-0.15, -0.1) is 0 Å². The van der Waals surface area contributed by atoms with Gasteiger partial charge in [0.25, 0.3) is 0 Å². The summed E-state index contributed by atoms with van der Waals surface area (Å²) in [5.41, 5.74) is 2.11. The highest BCUT2D eigenvalue weighted by molar-refractivity contribution is 5.89. The highest BCUT2D eigenvalue weighted by atomic mass is 16.2. The van der Waals surface area contributed by atoms with Crippen molar-refractivity contribution in [2.45, 2.75) is 26.2 Å². The summed E-state index contributed by atoms with van der Waals surface area (Å²) < 4.78 is 0. The van der Waals surface area contributed by atoms with Crippen LogP contribution >= 0.6 is 0 Å². The van der Waals surface area contributed by atoms with E-state index in [1.165, 1.54) is 0 Å². The fourth-order valence-corrected chi connectivity index (χ4v) is 3.37. The van der Waals surface area contributed by atoms with Gasteiger partial charge in [-0.3, -0.25) is 14.5 Å². The van der Waals surface area contributed by atoms with Gasteiger partial charge in [0.1, 0.15) is 0 Å². The fraction of sp³-hybridized carbons (Fsp3) is 0.500. The molecule has 1 aliphatic rings. The first-order valence-electron chi connectivity index (χ1n) is 9.49. The first-order valence-corrected chi connectivity index (χ1v) is 9.49. The lowest BCUT2D eigenvalue weighted by Gasteiger charge is -2.34. The van der Waals surface area contributed by atoms with Crippen LogP contribution in [-0.4, -0.2) is 65.9 Å². The molecule has 2 heterocycles. The minimum atomic E-state index is 0.0806. The summed E-state index contributed by atoms with van der Waals surface area (Å²) in [6.45, 7) is 6.15. The van der Waals surface area contributed by atoms with Crippen molar-refractivity contribution in [1.29, 1.82) is 0 Å². The lowest BCUT2D eigenvalue weighted by atomic mass is 10.1. The van der Waals surface area contributed by atoms with E-state index in [2.05, 4.69) is 22.1 Å². The van der Waals surface area contributed by atoms with Crippen LogP contribution in [0.1, 0.15) is 25.3 Å². The van der Waals surface area contributed by atoms with Crippen molar-refractivity contribution in [1.82, 2.24) is 20.1 Å². The molecule has 2 amide bonds. The summed E-state index contributed by atoms with van der Waals surface area (Å²) in [6.07, 6.45) is 4.44. The minimum absolute atomic E-state index is 0.0806. The van der Waals surface area contributed by atoms with Crippen LogP contribution in [0.4, 0.5) is 0 Å². The molecule has 1 aromatic heterocycles. The van der Waals surface area contributed by atoms with Crippen LogP contribution in [0.2, 0.25) is 0 Å². The highest BCUT2D eigenvalue weighted by Crippen LogP contribution is 2.19. The second-order valence-corrected chi connectivity index (χ2v) is 6.90. The Kier molecular flexibility index (Phi) is 6.28. The van der Waals surface area contributed by atoms with Gasteiger partial charge in [-0.05, 0) is 18.1 Å². The number of aromatic nitrogens is 1. The maximum Gasteiger partial charge on any atom is 0.234 e. The molecular formula is C20H28N4O2. The summed E-state index contributed by atoms with van der Waals surface area (Å²) >= 11 is 0. The first kappa shape index (κ1) is 18.5. The standard InChI is InChI=1S/C20H28N4O2/c1-2-3-8-21-19(25)15-23-9-11-24(12-10-23)20(26)13-16-14-22-18-7-5-4-6-17(16)18/h4-7,14,22H,2-3,8-13,15H2,1H3,(H,21,25). The van der Waals surface area contributed by atoms with Crippen LogP contribution in [0, 0.1) is 0 Å². The summed E-state index contributed by atoms with van der Waals surface area (Å²) in [5.74, 6) is 0.235. The van der Waals surface area contributed by atoms with E-state index in [1.54, 1.807) is 0 Å². The third-order valence-corrected chi connectivity index (χ3v) is 4.96. The second kappa shape index (κ2) is 8.85. The molecule has 0 aliphatic carbocycles. The van der Waals surface area contributed by atoms with Crippen molar-refractivity contribution in [2.24, 2.45) is 0 Å². The van der Waals surface area contributed by atoms with Crippen molar-refractivity contribution in [3.8, 4) is 0 Å². The third-order valence-electron chi connectivity index (χ3n) is 4.96. The molecule has 1 fully saturated rings. The Hall–Kier alpha value is -2.34. The topological polar surface area (TPSA) is 68.4 Å². The molecule has 0 bridgehead atoms. The highest BCUT2D eigenvalue weighted by Gasteiger charge is 2.23. The van der Waals surface area contributed by atoms with Crippen molar-refractivity contribution >= 4 is 22.7 Å². The predicted molar refractivity (Wildman–Crippen MR) is 103 cm³/mol. The summed E-state index contributed by atoms with van der Waals surface area (Å²) in [7, 11) is 0. The molecule has 3 rings (SSSR count). The molecule has 140 valence electrons. The van der Waals surface area contributed by atoms with E-state index < -0.39 is 0 Å². The molecule has 0 unspecified atom stereocenters. The van der Waals surface area contributed by atoms with Crippen LogP contribution in [0.3, 0.4) is 0 Å². The predicted octanol–water partition coefficient (Wildman–Crippen LogP) is 1.77. The number of amides is 2. The number of fused-ring (bicyclic) bond motifs is 1. The second-order valence-electron chi connectivity index (χ2n) is 6.90. The Balaban J connectivity index is 1.45. The molecule has 0 saturated carbocycles. The average Bonchev–Trinajstić information content (AvgIpc) is 3.05. The number of aromatic amines is 1. The van der Waals surface area contributed by atoms with E-state index in [0.29, 0.717) is 26.1 Å². The number of benzene rings is 1. The van der Waals surface area contributed by atoms with Crippen molar-refractivity contribution in [3.05, 3.63) is 36.0 Å². The molecule has 0 atom stereocenters. The van der Waals surface area contributed by atoms with Gasteiger partial charge in [0.2, 0.25) is 11.8 Å². The van der Waals surface area contributed by atoms with Gasteiger partial charge in [0.05, 0.1) is 13.0 Å². The van der Waals surface area contributed by atoms with Gasteiger partial charge in [-0.1, -0.05) is 31.5 Å². The zero-order valence-corrected chi connectivity index (χ0v) is 15.5. The number of hydrogen-bond acceptors (Lipinski definition) is 3.